The minimum Gasteiger partial charge on any atom is -0.399 e. The third kappa shape index (κ3) is 18.6. The molecule has 0 amide bonds. The number of aliphatic hydroxyl groups excluding tert-OH is 2. The van der Waals surface area contributed by atoms with Gasteiger partial charge in [-0.3, -0.25) is 0 Å². The Morgan fingerprint density at radius 1 is 0.455 bits per heavy atom. The van der Waals surface area contributed by atoms with Crippen molar-refractivity contribution in [3.63, 3.8) is 0 Å². The predicted molar refractivity (Wildman–Crippen MR) is 166 cm³/mol. The number of ether oxygens (including phenoxy) is 2. The van der Waals surface area contributed by atoms with Crippen LogP contribution in [0.25, 0.3) is 0 Å². The first-order valence-corrected chi connectivity index (χ1v) is 15.7. The van der Waals surface area contributed by atoms with E-state index in [9.17, 15) is 10.2 Å². The molecule has 2 aromatic rings. The van der Waals surface area contributed by atoms with E-state index >= 15 is 0 Å². The van der Waals surface area contributed by atoms with E-state index in [1.807, 2.05) is 24.3 Å². The Balaban J connectivity index is 1.23. The van der Waals surface area contributed by atoms with Gasteiger partial charge in [0.2, 0.25) is 0 Å². The molecule has 2 aromatic carbocycles. The van der Waals surface area contributed by atoms with Gasteiger partial charge in [-0.25, -0.2) is 29.3 Å². The molecule has 0 radical (unpaired) electrons. The molecule has 0 spiro atoms. The molecule has 11 heteroatoms. The number of anilines is 1. The minimum absolute atomic E-state index is 0.423. The predicted octanol–water partition coefficient (Wildman–Crippen LogP) is 6.07. The molecule has 0 heterocycles. The zero-order valence-electron chi connectivity index (χ0n) is 26.4. The minimum atomic E-state index is -0.956. The molecule has 0 aliphatic heterocycles. The van der Waals surface area contributed by atoms with E-state index in [0.717, 1.165) is 56.9 Å². The van der Waals surface area contributed by atoms with E-state index in [1.54, 1.807) is 24.3 Å². The highest BCUT2D eigenvalue weighted by molar-refractivity contribution is 5.39. The second-order valence-electron chi connectivity index (χ2n) is 10.7. The number of hydrogen-bond acceptors (Lipinski definition) is 11. The summed E-state index contributed by atoms with van der Waals surface area (Å²) in [5.74, 6) is 0.460. The van der Waals surface area contributed by atoms with Gasteiger partial charge >= 0.3 is 0 Å². The highest BCUT2D eigenvalue weighted by Crippen LogP contribution is 2.20. The molecule has 0 bridgehead atoms. The second kappa shape index (κ2) is 25.1. The Kier molecular flexibility index (Phi) is 21.7. The molecule has 250 valence electrons. The Bertz CT molecular complexity index is 929. The third-order valence-corrected chi connectivity index (χ3v) is 6.57. The summed E-state index contributed by atoms with van der Waals surface area (Å²) in [4.78, 5) is 31.0. The lowest BCUT2D eigenvalue weighted by molar-refractivity contribution is -0.307. The fraction of sp³-hybridized carbons (Fsp3) is 0.636. The highest BCUT2D eigenvalue weighted by Gasteiger charge is 2.09. The molecule has 4 N–H and O–H groups in total. The van der Waals surface area contributed by atoms with E-state index in [0.29, 0.717) is 70.0 Å². The van der Waals surface area contributed by atoms with Crippen molar-refractivity contribution in [1.82, 2.24) is 0 Å². The van der Waals surface area contributed by atoms with Gasteiger partial charge in [0.25, 0.3) is 0 Å². The molecule has 0 aliphatic rings. The number of benzene rings is 2. The molecule has 2 rings (SSSR count). The molecule has 0 aromatic heterocycles. The van der Waals surface area contributed by atoms with Crippen LogP contribution in [0.1, 0.15) is 100 Å². The SMILES string of the molecule is CC(C)c1ccc(C(O)OCCCCOOCCCCOOCCCCOOCCCCOC(O)c2ccc(N)cc2)cc1. The fourth-order valence-electron chi connectivity index (χ4n) is 3.81. The normalized spacial score (nSPS) is 13.0. The van der Waals surface area contributed by atoms with Crippen molar-refractivity contribution < 1.29 is 49.0 Å². The van der Waals surface area contributed by atoms with Gasteiger partial charge in [-0.2, -0.15) is 0 Å². The van der Waals surface area contributed by atoms with Gasteiger partial charge in [-0.15, -0.1) is 0 Å². The van der Waals surface area contributed by atoms with Crippen LogP contribution in [-0.2, 0) is 38.8 Å². The maximum absolute atomic E-state index is 10.1. The molecule has 11 nitrogen and oxygen atoms in total. The van der Waals surface area contributed by atoms with Crippen molar-refractivity contribution in [2.45, 2.75) is 83.7 Å². The van der Waals surface area contributed by atoms with Crippen molar-refractivity contribution >= 4 is 5.69 Å². The zero-order chi connectivity index (χ0) is 31.7. The lowest BCUT2D eigenvalue weighted by atomic mass is 10.0. The van der Waals surface area contributed by atoms with E-state index < -0.39 is 12.6 Å². The average Bonchev–Trinajstić information content (AvgIpc) is 3.03. The molecule has 2 atom stereocenters. The average molecular weight is 624 g/mol. The van der Waals surface area contributed by atoms with Crippen LogP contribution in [0.15, 0.2) is 48.5 Å². The standard InChI is InChI=1S/C33H53NO10/c1-27(2)28-11-13-29(14-12-28)32(35)37-19-3-5-21-39-41-23-7-9-25-43-44-26-10-8-24-42-40-22-6-4-20-38-33(36)30-15-17-31(34)18-16-30/h11-18,27,32-33,35-36H,3-10,19-26,34H2,1-2H3. The summed E-state index contributed by atoms with van der Waals surface area (Å²) in [5, 5.41) is 20.1. The summed E-state index contributed by atoms with van der Waals surface area (Å²) >= 11 is 0. The van der Waals surface area contributed by atoms with Crippen molar-refractivity contribution in [3.05, 3.63) is 65.2 Å². The first-order chi connectivity index (χ1) is 21.5. The Labute approximate surface area is 262 Å². The molecule has 0 saturated carbocycles. The van der Waals surface area contributed by atoms with Gasteiger partial charge in [0.05, 0.1) is 52.9 Å². The zero-order valence-corrected chi connectivity index (χ0v) is 26.4. The topological polar surface area (TPSA) is 140 Å². The molecule has 0 saturated heterocycles. The smallest absolute Gasteiger partial charge is 0.181 e. The van der Waals surface area contributed by atoms with Crippen LogP contribution in [0.2, 0.25) is 0 Å². The lowest BCUT2D eigenvalue weighted by Crippen LogP contribution is -2.06. The Hall–Kier alpha value is -2.16. The molecule has 0 aliphatic carbocycles. The van der Waals surface area contributed by atoms with Gasteiger partial charge in [-0.05, 0) is 75.0 Å². The number of unbranched alkanes of at least 4 members (excludes halogenated alkanes) is 4. The summed E-state index contributed by atoms with van der Waals surface area (Å²) < 4.78 is 10.9. The van der Waals surface area contributed by atoms with Crippen molar-refractivity contribution in [2.24, 2.45) is 0 Å². The van der Waals surface area contributed by atoms with Crippen LogP contribution < -0.4 is 5.73 Å². The number of hydrogen-bond donors (Lipinski definition) is 3. The van der Waals surface area contributed by atoms with E-state index in [-0.39, 0.29) is 0 Å². The van der Waals surface area contributed by atoms with Gasteiger partial charge in [0, 0.05) is 16.8 Å². The Morgan fingerprint density at radius 3 is 1.05 bits per heavy atom. The largest absolute Gasteiger partial charge is 0.399 e. The Morgan fingerprint density at radius 2 is 0.727 bits per heavy atom. The quantitative estimate of drug-likeness (QED) is 0.0334. The number of nitrogens with two attached hydrogens (primary N) is 1. The van der Waals surface area contributed by atoms with Gasteiger partial charge < -0.3 is 25.4 Å². The van der Waals surface area contributed by atoms with E-state index in [1.165, 1.54) is 5.56 Å². The van der Waals surface area contributed by atoms with Crippen molar-refractivity contribution in [2.75, 3.05) is 58.6 Å². The summed E-state index contributed by atoms with van der Waals surface area (Å²) in [6, 6.07) is 14.8. The number of rotatable bonds is 28. The first-order valence-electron chi connectivity index (χ1n) is 15.7. The highest BCUT2D eigenvalue weighted by atomic mass is 17.2. The summed E-state index contributed by atoms with van der Waals surface area (Å²) in [5.41, 5.74) is 8.96. The lowest BCUT2D eigenvalue weighted by Gasteiger charge is -2.13. The van der Waals surface area contributed by atoms with Crippen LogP contribution in [-0.4, -0.2) is 63.1 Å². The number of aliphatic hydroxyl groups is 2. The van der Waals surface area contributed by atoms with Gasteiger partial charge in [0.1, 0.15) is 0 Å². The summed E-state index contributed by atoms with van der Waals surface area (Å²) in [6.07, 6.45) is 4.39. The summed E-state index contributed by atoms with van der Waals surface area (Å²) in [6.45, 7) is 8.03. The van der Waals surface area contributed by atoms with Crippen LogP contribution in [0.3, 0.4) is 0 Å². The molecule has 44 heavy (non-hydrogen) atoms. The fourth-order valence-corrected chi connectivity index (χ4v) is 3.81. The maximum atomic E-state index is 10.1. The van der Waals surface area contributed by atoms with Crippen LogP contribution >= 0.6 is 0 Å². The van der Waals surface area contributed by atoms with Crippen molar-refractivity contribution in [1.29, 1.82) is 0 Å². The molecule has 2 unspecified atom stereocenters. The van der Waals surface area contributed by atoms with Crippen molar-refractivity contribution in [3.8, 4) is 0 Å². The van der Waals surface area contributed by atoms with Gasteiger partial charge in [-0.1, -0.05) is 50.2 Å². The number of nitrogen functional groups attached to an aromatic ring is 1. The van der Waals surface area contributed by atoms with E-state index in [2.05, 4.69) is 13.8 Å². The third-order valence-electron chi connectivity index (χ3n) is 6.57. The van der Waals surface area contributed by atoms with Crippen LogP contribution in [0.5, 0.6) is 0 Å². The molecular weight excluding hydrogens is 570 g/mol. The summed E-state index contributed by atoms with van der Waals surface area (Å²) in [7, 11) is 0. The van der Waals surface area contributed by atoms with Crippen LogP contribution in [0, 0.1) is 0 Å². The monoisotopic (exact) mass is 623 g/mol. The molecule has 0 fully saturated rings. The molecular formula is C33H53NO10. The van der Waals surface area contributed by atoms with E-state index in [4.69, 9.17) is 44.5 Å². The van der Waals surface area contributed by atoms with Crippen LogP contribution in [0.4, 0.5) is 5.69 Å². The van der Waals surface area contributed by atoms with Gasteiger partial charge in [0.15, 0.2) is 12.6 Å². The maximum Gasteiger partial charge on any atom is 0.181 e. The first kappa shape index (κ1) is 38.0. The second-order valence-corrected chi connectivity index (χ2v) is 10.7.